The number of hydrogen-bond donors (Lipinski definition) is 0. The average Bonchev–Trinajstić information content (AvgIpc) is 2.46. The lowest BCUT2D eigenvalue weighted by molar-refractivity contribution is 0.0979. The molecule has 0 atom stereocenters. The summed E-state index contributed by atoms with van der Waals surface area (Å²) >= 11 is 5.87. The predicted octanol–water partition coefficient (Wildman–Crippen LogP) is 3.47. The van der Waals surface area contributed by atoms with Gasteiger partial charge in [-0.25, -0.2) is 4.39 Å². The molecule has 2 aromatic rings. The summed E-state index contributed by atoms with van der Waals surface area (Å²) in [5.41, 5.74) is 1.45. The van der Waals surface area contributed by atoms with E-state index in [9.17, 15) is 9.18 Å². The minimum Gasteiger partial charge on any atom is -0.304 e. The fourth-order valence-corrected chi connectivity index (χ4v) is 2.63. The van der Waals surface area contributed by atoms with Crippen LogP contribution in [0.1, 0.15) is 22.5 Å². The van der Waals surface area contributed by atoms with E-state index in [1.54, 1.807) is 12.1 Å². The molecule has 1 aliphatic heterocycles. The van der Waals surface area contributed by atoms with Gasteiger partial charge in [0.05, 0.1) is 5.69 Å². The molecule has 1 aliphatic rings. The van der Waals surface area contributed by atoms with Crippen LogP contribution in [0.15, 0.2) is 36.5 Å². The van der Waals surface area contributed by atoms with Gasteiger partial charge in [-0.1, -0.05) is 23.7 Å². The third-order valence-electron chi connectivity index (χ3n) is 3.35. The van der Waals surface area contributed by atoms with Crippen molar-refractivity contribution in [2.24, 2.45) is 0 Å². The molecule has 0 unspecified atom stereocenters. The molecule has 0 saturated carbocycles. The molecule has 1 aromatic heterocycles. The van der Waals surface area contributed by atoms with Crippen LogP contribution in [0.3, 0.4) is 0 Å². The van der Waals surface area contributed by atoms with Gasteiger partial charge >= 0.3 is 0 Å². The Balaban J connectivity index is 2.03. The predicted molar refractivity (Wildman–Crippen MR) is 75.6 cm³/mol. The number of benzene rings is 1. The summed E-state index contributed by atoms with van der Waals surface area (Å²) in [4.78, 5) is 18.0. The first-order valence-electron chi connectivity index (χ1n) is 6.37. The largest absolute Gasteiger partial charge is 0.304 e. The highest BCUT2D eigenvalue weighted by Gasteiger charge is 2.27. The van der Waals surface area contributed by atoms with Crippen LogP contribution in [-0.4, -0.2) is 17.4 Å². The van der Waals surface area contributed by atoms with E-state index in [0.29, 0.717) is 17.3 Å². The van der Waals surface area contributed by atoms with Crippen LogP contribution in [0.25, 0.3) is 0 Å². The zero-order chi connectivity index (χ0) is 14.1. The molecule has 1 aromatic carbocycles. The summed E-state index contributed by atoms with van der Waals surface area (Å²) in [5, 5.41) is 0.439. The first-order chi connectivity index (χ1) is 9.66. The van der Waals surface area contributed by atoms with E-state index in [1.807, 2.05) is 6.07 Å². The minimum absolute atomic E-state index is 0.230. The monoisotopic (exact) mass is 290 g/mol. The highest BCUT2D eigenvalue weighted by molar-refractivity contribution is 6.31. The minimum atomic E-state index is -0.377. The van der Waals surface area contributed by atoms with Gasteiger partial charge < -0.3 is 4.90 Å². The molecule has 5 heteroatoms. The number of rotatable bonds is 1. The van der Waals surface area contributed by atoms with Crippen LogP contribution in [0.5, 0.6) is 0 Å². The Morgan fingerprint density at radius 3 is 3.00 bits per heavy atom. The standard InChI is InChI=1S/C15H12ClFN2O/c16-11-6-7-18-13(9-11)15(20)19-8-2-4-10-3-1-5-12(17)14(10)19/h1,3,5-7,9H,2,4,8H2. The maximum absolute atomic E-state index is 14.0. The SMILES string of the molecule is O=C(c1cc(Cl)ccn1)N1CCCc2cccc(F)c21. The second kappa shape index (κ2) is 5.21. The first kappa shape index (κ1) is 13.1. The van der Waals surface area contributed by atoms with Crippen LogP contribution in [0, 0.1) is 5.82 Å². The van der Waals surface area contributed by atoms with Crippen molar-refractivity contribution in [3.05, 3.63) is 58.6 Å². The zero-order valence-electron chi connectivity index (χ0n) is 10.6. The fourth-order valence-electron chi connectivity index (χ4n) is 2.47. The summed E-state index contributed by atoms with van der Waals surface area (Å²) in [6, 6.07) is 7.99. The Morgan fingerprint density at radius 2 is 2.20 bits per heavy atom. The highest BCUT2D eigenvalue weighted by atomic mass is 35.5. The fraction of sp³-hybridized carbons (Fsp3) is 0.200. The second-order valence-corrected chi connectivity index (χ2v) is 5.10. The Hall–Kier alpha value is -1.94. The van der Waals surface area contributed by atoms with Crippen molar-refractivity contribution in [2.45, 2.75) is 12.8 Å². The molecular weight excluding hydrogens is 279 g/mol. The maximum Gasteiger partial charge on any atom is 0.277 e. The van der Waals surface area contributed by atoms with E-state index in [0.717, 1.165) is 18.4 Å². The van der Waals surface area contributed by atoms with E-state index in [2.05, 4.69) is 4.98 Å². The number of aryl methyl sites for hydroxylation is 1. The molecule has 0 N–H and O–H groups in total. The molecule has 0 spiro atoms. The van der Waals surface area contributed by atoms with E-state index in [4.69, 9.17) is 11.6 Å². The summed E-state index contributed by atoms with van der Waals surface area (Å²) in [7, 11) is 0. The molecule has 0 fully saturated rings. The van der Waals surface area contributed by atoms with Gasteiger partial charge in [-0.05, 0) is 36.6 Å². The molecule has 3 nitrogen and oxygen atoms in total. The number of carbonyl (C=O) groups is 1. The topological polar surface area (TPSA) is 33.2 Å². The van der Waals surface area contributed by atoms with Gasteiger partial charge in [0.2, 0.25) is 0 Å². The quantitative estimate of drug-likeness (QED) is 0.806. The van der Waals surface area contributed by atoms with Gasteiger partial charge in [0.1, 0.15) is 11.5 Å². The molecule has 0 aliphatic carbocycles. The lowest BCUT2D eigenvalue weighted by Gasteiger charge is -2.29. The van der Waals surface area contributed by atoms with Crippen molar-refractivity contribution in [1.29, 1.82) is 0 Å². The van der Waals surface area contributed by atoms with Crippen molar-refractivity contribution in [3.63, 3.8) is 0 Å². The number of aromatic nitrogens is 1. The maximum atomic E-state index is 14.0. The van der Waals surface area contributed by atoms with Crippen LogP contribution in [0.2, 0.25) is 5.02 Å². The summed E-state index contributed by atoms with van der Waals surface area (Å²) in [6.45, 7) is 0.487. The third-order valence-corrected chi connectivity index (χ3v) is 3.59. The Labute approximate surface area is 121 Å². The number of nitrogens with zero attached hydrogens (tertiary/aromatic N) is 2. The number of hydrogen-bond acceptors (Lipinski definition) is 2. The number of carbonyl (C=O) groups excluding carboxylic acids is 1. The molecule has 3 rings (SSSR count). The van der Waals surface area contributed by atoms with Gasteiger partial charge in [0.25, 0.3) is 5.91 Å². The van der Waals surface area contributed by atoms with Crippen molar-refractivity contribution < 1.29 is 9.18 Å². The van der Waals surface area contributed by atoms with Crippen molar-refractivity contribution in [1.82, 2.24) is 4.98 Å². The van der Waals surface area contributed by atoms with Crippen molar-refractivity contribution in [3.8, 4) is 0 Å². The molecule has 0 radical (unpaired) electrons. The number of halogens is 2. The number of para-hydroxylation sites is 1. The van der Waals surface area contributed by atoms with Gasteiger partial charge in [-0.3, -0.25) is 9.78 Å². The van der Waals surface area contributed by atoms with Gasteiger partial charge in [0, 0.05) is 17.8 Å². The van der Waals surface area contributed by atoms with E-state index < -0.39 is 0 Å². The number of pyridine rings is 1. The second-order valence-electron chi connectivity index (χ2n) is 4.67. The smallest absolute Gasteiger partial charge is 0.277 e. The lowest BCUT2D eigenvalue weighted by atomic mass is 10.0. The molecule has 20 heavy (non-hydrogen) atoms. The van der Waals surface area contributed by atoms with Crippen LogP contribution < -0.4 is 4.90 Å². The summed E-state index contributed by atoms with van der Waals surface area (Å²) in [5.74, 6) is -0.698. The number of amides is 1. The van der Waals surface area contributed by atoms with Gasteiger partial charge in [-0.2, -0.15) is 0 Å². The van der Waals surface area contributed by atoms with Gasteiger partial charge in [0.15, 0.2) is 0 Å². The Bertz CT molecular complexity index is 675. The van der Waals surface area contributed by atoms with Crippen LogP contribution in [-0.2, 0) is 6.42 Å². The van der Waals surface area contributed by atoms with E-state index in [1.165, 1.54) is 23.2 Å². The van der Waals surface area contributed by atoms with E-state index >= 15 is 0 Å². The van der Waals surface area contributed by atoms with Crippen molar-refractivity contribution in [2.75, 3.05) is 11.4 Å². The first-order valence-corrected chi connectivity index (χ1v) is 6.75. The Morgan fingerprint density at radius 1 is 1.35 bits per heavy atom. The van der Waals surface area contributed by atoms with Gasteiger partial charge in [-0.15, -0.1) is 0 Å². The highest BCUT2D eigenvalue weighted by Crippen LogP contribution is 2.31. The zero-order valence-corrected chi connectivity index (χ0v) is 11.4. The molecular formula is C15H12ClFN2O. The molecule has 2 heterocycles. The summed E-state index contributed by atoms with van der Waals surface area (Å²) in [6.07, 6.45) is 3.06. The number of fused-ring (bicyclic) bond motifs is 1. The number of anilines is 1. The summed E-state index contributed by atoms with van der Waals surface area (Å²) < 4.78 is 14.0. The van der Waals surface area contributed by atoms with E-state index in [-0.39, 0.29) is 17.4 Å². The van der Waals surface area contributed by atoms with Crippen LogP contribution in [0.4, 0.5) is 10.1 Å². The van der Waals surface area contributed by atoms with Crippen LogP contribution >= 0.6 is 11.6 Å². The molecule has 0 bridgehead atoms. The normalized spacial score (nSPS) is 14.0. The average molecular weight is 291 g/mol. The molecule has 102 valence electrons. The molecule has 1 amide bonds. The van der Waals surface area contributed by atoms with Crippen molar-refractivity contribution >= 4 is 23.2 Å². The lowest BCUT2D eigenvalue weighted by Crippen LogP contribution is -2.36. The third kappa shape index (κ3) is 2.27. The Kier molecular flexibility index (Phi) is 3.40. The molecule has 0 saturated heterocycles.